The first-order valence-electron chi connectivity index (χ1n) is 12.4. The molecule has 0 bridgehead atoms. The molecule has 1 N–H and O–H groups in total. The van der Waals surface area contributed by atoms with Gasteiger partial charge < -0.3 is 14.8 Å². The van der Waals surface area contributed by atoms with Crippen molar-refractivity contribution in [2.24, 2.45) is 0 Å². The maximum Gasteiger partial charge on any atom is 0.355 e. The Balaban J connectivity index is 1.42. The van der Waals surface area contributed by atoms with E-state index in [4.69, 9.17) is 44.3 Å². The Morgan fingerprint density at radius 3 is 2.42 bits per heavy atom. The molecule has 0 saturated carbocycles. The summed E-state index contributed by atoms with van der Waals surface area (Å²) >= 11 is 19.0. The fourth-order valence-corrected chi connectivity index (χ4v) is 6.43. The molecule has 0 radical (unpaired) electrons. The predicted molar refractivity (Wildman–Crippen MR) is 158 cm³/mol. The summed E-state index contributed by atoms with van der Waals surface area (Å²) < 4.78 is 9.04. The van der Waals surface area contributed by atoms with Gasteiger partial charge in [0.15, 0.2) is 0 Å². The zero-order chi connectivity index (χ0) is 28.4. The van der Waals surface area contributed by atoms with Crippen LogP contribution in [0.4, 0.5) is 0 Å². The van der Waals surface area contributed by atoms with Gasteiger partial charge in [0.2, 0.25) is 9.70 Å². The van der Waals surface area contributed by atoms with Crippen molar-refractivity contribution in [1.29, 1.82) is 0 Å². The molecule has 208 valence electrons. The first kappa shape index (κ1) is 28.6. The first-order valence-corrected chi connectivity index (χ1v) is 14.6. The van der Waals surface area contributed by atoms with Crippen molar-refractivity contribution in [3.05, 3.63) is 89.1 Å². The van der Waals surface area contributed by atoms with Gasteiger partial charge in [0.1, 0.15) is 29.5 Å². The number of ether oxygens (including phenoxy) is 2. The van der Waals surface area contributed by atoms with Crippen LogP contribution >= 0.6 is 46.6 Å². The van der Waals surface area contributed by atoms with Crippen molar-refractivity contribution in [2.75, 3.05) is 19.5 Å². The van der Waals surface area contributed by atoms with E-state index in [0.717, 1.165) is 27.6 Å². The quantitative estimate of drug-likeness (QED) is 0.212. The molecule has 11 heteroatoms. The summed E-state index contributed by atoms with van der Waals surface area (Å²) in [7, 11) is 1.62. The number of carbonyl (C=O) groups excluding carboxylic acids is 3. The third-order valence-electron chi connectivity index (χ3n) is 6.73. The number of halogens is 3. The molecule has 2 aliphatic rings. The van der Waals surface area contributed by atoms with Gasteiger partial charge in [-0.15, -0.1) is 11.8 Å². The average Bonchev–Trinajstić information content (AvgIpc) is 2.94. The van der Waals surface area contributed by atoms with E-state index in [0.29, 0.717) is 17.7 Å². The summed E-state index contributed by atoms with van der Waals surface area (Å²) in [6.45, 7) is -0.476. The summed E-state index contributed by atoms with van der Waals surface area (Å²) in [4.78, 5) is 40.8. The topological polar surface area (TPSA) is 84.9 Å². The number of nitrogens with zero attached hydrogens (tertiary/aromatic N) is 1. The molecule has 0 aromatic heterocycles. The van der Waals surface area contributed by atoms with Crippen LogP contribution in [0.5, 0.6) is 5.75 Å². The molecule has 1 saturated heterocycles. The largest absolute Gasteiger partial charge is 0.496 e. The molecule has 2 aliphatic heterocycles. The van der Waals surface area contributed by atoms with Gasteiger partial charge >= 0.3 is 5.97 Å². The Labute approximate surface area is 250 Å². The highest BCUT2D eigenvalue weighted by molar-refractivity contribution is 8.00. The lowest BCUT2D eigenvalue weighted by atomic mass is 9.95. The number of alkyl halides is 3. The Morgan fingerprint density at radius 1 is 1.02 bits per heavy atom. The van der Waals surface area contributed by atoms with Crippen LogP contribution in [0.1, 0.15) is 11.1 Å². The fraction of sp³-hybridized carbons (Fsp3) is 0.276. The minimum Gasteiger partial charge on any atom is -0.496 e. The number of methoxy groups -OCH3 is 1. The molecule has 5 rings (SSSR count). The summed E-state index contributed by atoms with van der Waals surface area (Å²) in [6.07, 6.45) is 0.531. The zero-order valence-electron chi connectivity index (χ0n) is 21.4. The van der Waals surface area contributed by atoms with Gasteiger partial charge in [-0.1, -0.05) is 95.5 Å². The van der Waals surface area contributed by atoms with Gasteiger partial charge in [0, 0.05) is 11.1 Å². The highest BCUT2D eigenvalue weighted by Crippen LogP contribution is 2.42. The summed E-state index contributed by atoms with van der Waals surface area (Å²) in [5.74, 6) is -0.244. The molecule has 2 amide bonds. The molecule has 7 nitrogen and oxygen atoms in total. The second kappa shape index (κ2) is 11.9. The van der Waals surface area contributed by atoms with Crippen LogP contribution in [0.25, 0.3) is 10.8 Å². The number of carbonyl (C=O) groups is 3. The monoisotopic (exact) mass is 618 g/mol. The number of nitrogens with one attached hydrogen (secondary N) is 1. The first-order chi connectivity index (χ1) is 19.2. The Bertz CT molecular complexity index is 1490. The van der Waals surface area contributed by atoms with Gasteiger partial charge in [-0.05, 0) is 34.6 Å². The third kappa shape index (κ3) is 6.05. The highest BCUT2D eigenvalue weighted by Gasteiger charge is 2.54. The lowest BCUT2D eigenvalue weighted by Crippen LogP contribution is -2.70. The molecule has 1 fully saturated rings. The van der Waals surface area contributed by atoms with E-state index in [1.54, 1.807) is 7.11 Å². The van der Waals surface area contributed by atoms with E-state index in [-0.39, 0.29) is 18.0 Å². The minimum absolute atomic E-state index is 0.122. The molecule has 2 atom stereocenters. The molecule has 3 aromatic carbocycles. The van der Waals surface area contributed by atoms with Crippen LogP contribution in [-0.4, -0.2) is 57.4 Å². The second-order valence-electron chi connectivity index (χ2n) is 9.41. The third-order valence-corrected chi connectivity index (χ3v) is 8.40. The van der Waals surface area contributed by atoms with Crippen molar-refractivity contribution >= 4 is 75.1 Å². The number of esters is 1. The number of fused-ring (bicyclic) bond motifs is 2. The number of thioether (sulfide) groups is 1. The Kier molecular flexibility index (Phi) is 8.52. The zero-order valence-corrected chi connectivity index (χ0v) is 24.4. The lowest BCUT2D eigenvalue weighted by Gasteiger charge is -2.49. The second-order valence-corrected chi connectivity index (χ2v) is 13.0. The van der Waals surface area contributed by atoms with Gasteiger partial charge in [0.25, 0.3) is 5.91 Å². The predicted octanol–water partition coefficient (Wildman–Crippen LogP) is 5.20. The van der Waals surface area contributed by atoms with Gasteiger partial charge in [-0.3, -0.25) is 14.5 Å². The Hall–Kier alpha value is -2.91. The maximum atomic E-state index is 13.4. The molecule has 40 heavy (non-hydrogen) atoms. The van der Waals surface area contributed by atoms with E-state index in [1.165, 1.54) is 16.7 Å². The van der Waals surface area contributed by atoms with E-state index in [1.807, 2.05) is 66.7 Å². The number of benzene rings is 3. The van der Waals surface area contributed by atoms with Crippen molar-refractivity contribution in [2.45, 2.75) is 28.0 Å². The normalized spacial score (nSPS) is 18.7. The van der Waals surface area contributed by atoms with Crippen molar-refractivity contribution in [3.63, 3.8) is 0 Å². The molecule has 2 heterocycles. The van der Waals surface area contributed by atoms with E-state index < -0.39 is 33.7 Å². The van der Waals surface area contributed by atoms with Gasteiger partial charge in [-0.25, -0.2) is 4.79 Å². The molecule has 0 aliphatic carbocycles. The molecule has 3 aromatic rings. The smallest absolute Gasteiger partial charge is 0.355 e. The standard InChI is InChI=1S/C29H25Cl3N2O5S/c1-38-22-12-11-18(20-9-5-6-10-21(20)22)14-19-15-40-27-24(33-23(35)13-17-7-3-2-4-8-17)26(36)34(27)25(19)28(37)39-16-29(30,31)32/h2-12,24,27H,13-16H2,1H3,(H,33,35)/t24-,27+/m1/s1. The van der Waals surface area contributed by atoms with E-state index >= 15 is 0 Å². The van der Waals surface area contributed by atoms with Crippen LogP contribution in [0.15, 0.2) is 78.0 Å². The number of β-lactam (4-membered cyclic amide) rings is 1. The maximum absolute atomic E-state index is 13.4. The number of amides is 2. The highest BCUT2D eigenvalue weighted by atomic mass is 35.6. The minimum atomic E-state index is -1.81. The van der Waals surface area contributed by atoms with E-state index in [2.05, 4.69) is 5.32 Å². The fourth-order valence-electron chi connectivity index (χ4n) is 4.92. The van der Waals surface area contributed by atoms with Crippen molar-refractivity contribution < 1.29 is 23.9 Å². The number of rotatable bonds is 8. The SMILES string of the molecule is COc1ccc(CC2=C(C(=O)OCC(Cl)(Cl)Cl)N3C(=O)[C@@H](NC(=O)Cc4ccccc4)[C@@H]3SC2)c2ccccc12. The number of hydrogen-bond donors (Lipinski definition) is 1. The lowest BCUT2D eigenvalue weighted by molar-refractivity contribution is -0.152. The van der Waals surface area contributed by atoms with Gasteiger partial charge in [0.05, 0.1) is 13.5 Å². The van der Waals surface area contributed by atoms with Crippen molar-refractivity contribution in [1.82, 2.24) is 10.2 Å². The summed E-state index contributed by atoms with van der Waals surface area (Å²) in [5.41, 5.74) is 2.62. The van der Waals surface area contributed by atoms with Crippen LogP contribution < -0.4 is 10.1 Å². The van der Waals surface area contributed by atoms with Crippen LogP contribution in [-0.2, 0) is 32.0 Å². The average molecular weight is 620 g/mol. The number of hydrogen-bond acceptors (Lipinski definition) is 6. The van der Waals surface area contributed by atoms with Gasteiger partial charge in [-0.2, -0.15) is 0 Å². The van der Waals surface area contributed by atoms with E-state index in [9.17, 15) is 14.4 Å². The summed E-state index contributed by atoms with van der Waals surface area (Å²) in [6, 6.07) is 20.1. The molecular weight excluding hydrogens is 595 g/mol. The molecule has 0 unspecified atom stereocenters. The van der Waals surface area contributed by atoms with Crippen LogP contribution in [0.3, 0.4) is 0 Å². The van der Waals surface area contributed by atoms with Crippen LogP contribution in [0.2, 0.25) is 0 Å². The molecule has 0 spiro atoms. The molecular formula is C29H25Cl3N2O5S. The van der Waals surface area contributed by atoms with Crippen LogP contribution in [0, 0.1) is 0 Å². The van der Waals surface area contributed by atoms with Crippen molar-refractivity contribution in [3.8, 4) is 5.75 Å². The summed E-state index contributed by atoms with van der Waals surface area (Å²) in [5, 5.41) is 4.27. The Morgan fingerprint density at radius 2 is 1.73 bits per heavy atom.